The summed E-state index contributed by atoms with van der Waals surface area (Å²) in [5, 5.41) is 2.07. The fraction of sp³-hybridized carbons (Fsp3) is 0.176. The fourth-order valence-electron chi connectivity index (χ4n) is 2.68. The van der Waals surface area contributed by atoms with Crippen molar-refractivity contribution >= 4 is 17.0 Å². The second kappa shape index (κ2) is 5.42. The molecule has 0 amide bonds. The minimum absolute atomic E-state index is 0.686. The third kappa shape index (κ3) is 2.23. The Morgan fingerprint density at radius 1 is 1.18 bits per heavy atom. The number of anilines is 1. The smallest absolute Gasteiger partial charge is 0.237 e. The number of rotatable bonds is 2. The standard InChI is InChI=1S/C17H15N3OS/c1-20-6-7-21-17-16(20)8-12(9-18-17)13-4-2-3-5-14(13)15-10-22-11-19-15/h2-5,8-11H,6-7H2,1H3. The summed E-state index contributed by atoms with van der Waals surface area (Å²) in [6.45, 7) is 1.57. The van der Waals surface area contributed by atoms with Gasteiger partial charge in [0.25, 0.3) is 0 Å². The van der Waals surface area contributed by atoms with Crippen molar-refractivity contribution in [3.05, 3.63) is 47.4 Å². The van der Waals surface area contributed by atoms with Gasteiger partial charge in [0.1, 0.15) is 12.3 Å². The number of thiazole rings is 1. The number of ether oxygens (including phenoxy) is 1. The molecule has 110 valence electrons. The minimum atomic E-state index is 0.686. The van der Waals surface area contributed by atoms with Crippen molar-refractivity contribution in [2.45, 2.75) is 0 Å². The largest absolute Gasteiger partial charge is 0.474 e. The van der Waals surface area contributed by atoms with E-state index in [9.17, 15) is 0 Å². The normalized spacial score (nSPS) is 13.6. The van der Waals surface area contributed by atoms with E-state index in [0.29, 0.717) is 12.5 Å². The van der Waals surface area contributed by atoms with E-state index in [1.807, 2.05) is 23.8 Å². The molecule has 2 aromatic heterocycles. The third-order valence-corrected chi connectivity index (χ3v) is 4.44. The summed E-state index contributed by atoms with van der Waals surface area (Å²) in [5.74, 6) is 0.712. The van der Waals surface area contributed by atoms with Crippen LogP contribution >= 0.6 is 11.3 Å². The molecule has 0 saturated heterocycles. The highest BCUT2D eigenvalue weighted by Gasteiger charge is 2.18. The van der Waals surface area contributed by atoms with Crippen molar-refractivity contribution in [3.8, 4) is 28.3 Å². The quantitative estimate of drug-likeness (QED) is 0.723. The summed E-state index contributed by atoms with van der Waals surface area (Å²) >= 11 is 1.61. The first kappa shape index (κ1) is 13.3. The number of fused-ring (bicyclic) bond motifs is 1. The van der Waals surface area contributed by atoms with E-state index in [2.05, 4.69) is 45.5 Å². The monoisotopic (exact) mass is 309 g/mol. The molecule has 0 saturated carbocycles. The number of hydrogen-bond acceptors (Lipinski definition) is 5. The Morgan fingerprint density at radius 2 is 2.05 bits per heavy atom. The van der Waals surface area contributed by atoms with Crippen LogP contribution in [0.1, 0.15) is 0 Å². The van der Waals surface area contributed by atoms with Crippen LogP contribution in [0.15, 0.2) is 47.4 Å². The number of pyridine rings is 1. The molecule has 1 aromatic carbocycles. The summed E-state index contributed by atoms with van der Waals surface area (Å²) in [7, 11) is 2.07. The Labute approximate surface area is 133 Å². The Balaban J connectivity index is 1.85. The van der Waals surface area contributed by atoms with Crippen LogP contribution < -0.4 is 9.64 Å². The number of aromatic nitrogens is 2. The van der Waals surface area contributed by atoms with Gasteiger partial charge in [-0.1, -0.05) is 24.3 Å². The first-order chi connectivity index (χ1) is 10.8. The van der Waals surface area contributed by atoms with Crippen molar-refractivity contribution in [2.24, 2.45) is 0 Å². The summed E-state index contributed by atoms with van der Waals surface area (Å²) in [4.78, 5) is 11.1. The predicted molar refractivity (Wildman–Crippen MR) is 89.5 cm³/mol. The highest BCUT2D eigenvalue weighted by Crippen LogP contribution is 2.36. The molecule has 0 aliphatic carbocycles. The maximum absolute atomic E-state index is 5.62. The molecule has 22 heavy (non-hydrogen) atoms. The summed E-state index contributed by atoms with van der Waals surface area (Å²) in [6, 6.07) is 10.4. The minimum Gasteiger partial charge on any atom is -0.474 e. The number of likely N-dealkylation sites (N-methyl/N-ethyl adjacent to an activating group) is 1. The predicted octanol–water partition coefficient (Wildman–Crippen LogP) is 3.70. The molecule has 0 unspecified atom stereocenters. The molecule has 0 bridgehead atoms. The number of benzene rings is 1. The zero-order chi connectivity index (χ0) is 14.9. The van der Waals surface area contributed by atoms with Gasteiger partial charge in [-0.25, -0.2) is 9.97 Å². The van der Waals surface area contributed by atoms with E-state index in [-0.39, 0.29) is 0 Å². The summed E-state index contributed by atoms with van der Waals surface area (Å²) in [5.41, 5.74) is 7.26. The van der Waals surface area contributed by atoms with E-state index >= 15 is 0 Å². The highest BCUT2D eigenvalue weighted by atomic mass is 32.1. The molecular weight excluding hydrogens is 294 g/mol. The van der Waals surface area contributed by atoms with Crippen LogP contribution in [0.5, 0.6) is 5.88 Å². The van der Waals surface area contributed by atoms with Gasteiger partial charge >= 0.3 is 0 Å². The molecule has 4 nitrogen and oxygen atoms in total. The van der Waals surface area contributed by atoms with Crippen LogP contribution in [-0.2, 0) is 0 Å². The van der Waals surface area contributed by atoms with Gasteiger partial charge < -0.3 is 9.64 Å². The molecule has 3 heterocycles. The van der Waals surface area contributed by atoms with Gasteiger partial charge in [0.2, 0.25) is 5.88 Å². The first-order valence-electron chi connectivity index (χ1n) is 7.15. The second-order valence-corrected chi connectivity index (χ2v) is 5.96. The van der Waals surface area contributed by atoms with Crippen LogP contribution in [0.2, 0.25) is 0 Å². The van der Waals surface area contributed by atoms with E-state index in [0.717, 1.165) is 34.6 Å². The lowest BCUT2D eigenvalue weighted by atomic mass is 9.99. The number of hydrogen-bond donors (Lipinski definition) is 0. The Morgan fingerprint density at radius 3 is 2.86 bits per heavy atom. The van der Waals surface area contributed by atoms with Crippen LogP contribution in [0, 0.1) is 0 Å². The van der Waals surface area contributed by atoms with Gasteiger partial charge in [0, 0.05) is 29.8 Å². The van der Waals surface area contributed by atoms with Crippen LogP contribution in [0.25, 0.3) is 22.4 Å². The van der Waals surface area contributed by atoms with Crippen molar-refractivity contribution in [1.29, 1.82) is 0 Å². The summed E-state index contributed by atoms with van der Waals surface area (Å²) < 4.78 is 5.62. The lowest BCUT2D eigenvalue weighted by Gasteiger charge is -2.27. The Bertz CT molecular complexity index is 801. The average molecular weight is 309 g/mol. The first-order valence-corrected chi connectivity index (χ1v) is 8.09. The van der Waals surface area contributed by atoms with Crippen molar-refractivity contribution in [3.63, 3.8) is 0 Å². The van der Waals surface area contributed by atoms with Crippen molar-refractivity contribution in [2.75, 3.05) is 25.1 Å². The molecule has 1 aliphatic rings. The maximum Gasteiger partial charge on any atom is 0.237 e. The molecule has 0 atom stereocenters. The molecule has 0 N–H and O–H groups in total. The molecular formula is C17H15N3OS. The lowest BCUT2D eigenvalue weighted by molar-refractivity contribution is 0.299. The van der Waals surface area contributed by atoms with Crippen molar-refractivity contribution in [1.82, 2.24) is 9.97 Å². The van der Waals surface area contributed by atoms with E-state index in [1.54, 1.807) is 11.3 Å². The topological polar surface area (TPSA) is 38.2 Å². The van der Waals surface area contributed by atoms with Gasteiger partial charge in [-0.15, -0.1) is 11.3 Å². The maximum atomic E-state index is 5.62. The fourth-order valence-corrected chi connectivity index (χ4v) is 3.23. The highest BCUT2D eigenvalue weighted by molar-refractivity contribution is 7.07. The SMILES string of the molecule is CN1CCOc2ncc(-c3ccccc3-c3cscn3)cc21. The van der Waals surface area contributed by atoms with E-state index < -0.39 is 0 Å². The lowest BCUT2D eigenvalue weighted by Crippen LogP contribution is -2.29. The van der Waals surface area contributed by atoms with Gasteiger partial charge in [-0.2, -0.15) is 0 Å². The molecule has 0 radical (unpaired) electrons. The van der Waals surface area contributed by atoms with Crippen LogP contribution in [0.3, 0.4) is 0 Å². The van der Waals surface area contributed by atoms with Gasteiger partial charge in [0.15, 0.2) is 0 Å². The Hall–Kier alpha value is -2.40. The molecule has 0 spiro atoms. The molecule has 5 heteroatoms. The molecule has 3 aromatic rings. The zero-order valence-corrected chi connectivity index (χ0v) is 13.0. The Kier molecular flexibility index (Phi) is 3.27. The zero-order valence-electron chi connectivity index (χ0n) is 12.2. The van der Waals surface area contributed by atoms with Crippen LogP contribution in [-0.4, -0.2) is 30.2 Å². The van der Waals surface area contributed by atoms with E-state index in [1.165, 1.54) is 0 Å². The number of nitrogens with zero attached hydrogens (tertiary/aromatic N) is 3. The van der Waals surface area contributed by atoms with Gasteiger partial charge in [0.05, 0.1) is 17.7 Å². The second-order valence-electron chi connectivity index (χ2n) is 5.24. The third-order valence-electron chi connectivity index (χ3n) is 3.86. The van der Waals surface area contributed by atoms with E-state index in [4.69, 9.17) is 4.74 Å². The van der Waals surface area contributed by atoms with Crippen molar-refractivity contribution < 1.29 is 4.74 Å². The molecule has 0 fully saturated rings. The molecule has 4 rings (SSSR count). The van der Waals surface area contributed by atoms with Gasteiger partial charge in [-0.3, -0.25) is 0 Å². The summed E-state index contributed by atoms with van der Waals surface area (Å²) in [6.07, 6.45) is 1.88. The van der Waals surface area contributed by atoms with Gasteiger partial charge in [-0.05, 0) is 11.6 Å². The average Bonchev–Trinajstić information content (AvgIpc) is 3.09. The molecule has 1 aliphatic heterocycles. The van der Waals surface area contributed by atoms with Crippen LogP contribution in [0.4, 0.5) is 5.69 Å².